The highest BCUT2D eigenvalue weighted by molar-refractivity contribution is 5.68. The van der Waals surface area contributed by atoms with E-state index in [1.807, 2.05) is 4.90 Å². The van der Waals surface area contributed by atoms with Crippen LogP contribution in [0.15, 0.2) is 12.4 Å². The van der Waals surface area contributed by atoms with Gasteiger partial charge in [0.05, 0.1) is 5.54 Å². The van der Waals surface area contributed by atoms with Crippen LogP contribution in [0.1, 0.15) is 18.3 Å². The molecule has 9 nitrogen and oxygen atoms in total. The Bertz CT molecular complexity index is 685. The average Bonchev–Trinajstić information content (AvgIpc) is 2.91. The van der Waals surface area contributed by atoms with Gasteiger partial charge in [-0.2, -0.15) is 13.2 Å². The number of alkyl halides is 3. The van der Waals surface area contributed by atoms with Crippen molar-refractivity contribution in [1.29, 1.82) is 0 Å². The van der Waals surface area contributed by atoms with Gasteiger partial charge < -0.3 is 29.5 Å². The zero-order valence-electron chi connectivity index (χ0n) is 15.2. The van der Waals surface area contributed by atoms with Crippen molar-refractivity contribution in [3.8, 4) is 0 Å². The molecular weight excluding hydrogens is 371 g/mol. The predicted molar refractivity (Wildman–Crippen MR) is 87.1 cm³/mol. The summed E-state index contributed by atoms with van der Waals surface area (Å²) in [6.45, 7) is 0.546. The molecule has 0 saturated carbocycles. The van der Waals surface area contributed by atoms with Crippen LogP contribution in [-0.4, -0.2) is 82.1 Å². The second-order valence-corrected chi connectivity index (χ2v) is 6.66. The third-order valence-electron chi connectivity index (χ3n) is 4.66. The number of hydrogen-bond acceptors (Lipinski definition) is 5. The Hall–Kier alpha value is -2.50. The van der Waals surface area contributed by atoms with Gasteiger partial charge in [0, 0.05) is 39.1 Å². The number of carbonyl (C=O) groups is 2. The van der Waals surface area contributed by atoms with Gasteiger partial charge in [0.15, 0.2) is 5.82 Å². The summed E-state index contributed by atoms with van der Waals surface area (Å²) in [5.41, 5.74) is -0.477. The zero-order chi connectivity index (χ0) is 20.4. The minimum absolute atomic E-state index is 0.0373. The number of imidazole rings is 1. The van der Waals surface area contributed by atoms with Gasteiger partial charge in [-0.3, -0.25) is 0 Å². The summed E-state index contributed by atoms with van der Waals surface area (Å²) in [4.78, 5) is 29.4. The molecule has 27 heavy (non-hydrogen) atoms. The highest BCUT2D eigenvalue weighted by Gasteiger charge is 2.48. The van der Waals surface area contributed by atoms with Gasteiger partial charge in [-0.05, 0) is 20.5 Å². The summed E-state index contributed by atoms with van der Waals surface area (Å²) in [6, 6.07) is 0. The van der Waals surface area contributed by atoms with Gasteiger partial charge in [0.1, 0.15) is 0 Å². The van der Waals surface area contributed by atoms with Crippen LogP contribution in [0.5, 0.6) is 0 Å². The number of nitrogens with zero attached hydrogens (tertiary/aromatic N) is 4. The molecule has 1 atom stereocenters. The monoisotopic (exact) mass is 393 g/mol. The van der Waals surface area contributed by atoms with Gasteiger partial charge in [-0.25, -0.2) is 14.6 Å². The van der Waals surface area contributed by atoms with Crippen molar-refractivity contribution in [2.75, 3.05) is 33.7 Å². The first-order valence-corrected chi connectivity index (χ1v) is 8.10. The summed E-state index contributed by atoms with van der Waals surface area (Å²) in [7, 11) is 4.92. The lowest BCUT2D eigenvalue weighted by atomic mass is 9.85. The van der Waals surface area contributed by atoms with E-state index in [9.17, 15) is 22.8 Å². The van der Waals surface area contributed by atoms with Crippen molar-refractivity contribution in [1.82, 2.24) is 24.7 Å². The number of amides is 2. The number of aromatic nitrogens is 2. The van der Waals surface area contributed by atoms with Crippen molar-refractivity contribution >= 4 is 12.2 Å². The lowest BCUT2D eigenvalue weighted by molar-refractivity contribution is -0.209. The number of carbonyl (C=O) groups excluding carboxylic acids is 1. The Morgan fingerprint density at radius 3 is 2.52 bits per heavy atom. The number of likely N-dealkylation sites (tertiary alicyclic amines) is 1. The van der Waals surface area contributed by atoms with Crippen LogP contribution in [0.3, 0.4) is 0 Å². The molecule has 1 aliphatic rings. The lowest BCUT2D eigenvalue weighted by Crippen LogP contribution is -2.70. The quantitative estimate of drug-likeness (QED) is 0.759. The fourth-order valence-electron chi connectivity index (χ4n) is 2.91. The molecule has 0 aromatic carbocycles. The minimum Gasteiger partial charge on any atom is -0.465 e. The number of aryl methyl sites for hydroxylation is 1. The number of likely N-dealkylation sites (N-methyl/N-ethyl adjacent to an activating group) is 1. The first-order valence-electron chi connectivity index (χ1n) is 8.10. The normalized spacial score (nSPS) is 17.4. The summed E-state index contributed by atoms with van der Waals surface area (Å²) in [5, 5.41) is 11.3. The molecule has 0 bridgehead atoms. The van der Waals surface area contributed by atoms with Crippen LogP contribution in [-0.2, 0) is 11.8 Å². The highest BCUT2D eigenvalue weighted by Crippen LogP contribution is 2.35. The summed E-state index contributed by atoms with van der Waals surface area (Å²) in [5.74, 6) is -0.432. The van der Waals surface area contributed by atoms with E-state index >= 15 is 0 Å². The van der Waals surface area contributed by atoms with E-state index in [0.717, 1.165) is 4.57 Å². The highest BCUT2D eigenvalue weighted by atomic mass is 19.4. The molecule has 1 saturated heterocycles. The predicted octanol–water partition coefficient (Wildman–Crippen LogP) is 1.43. The molecule has 0 aliphatic carbocycles. The summed E-state index contributed by atoms with van der Waals surface area (Å²) in [6.07, 6.45) is -6.69. The molecular formula is C15H22F3N5O4. The van der Waals surface area contributed by atoms with Crippen molar-refractivity contribution in [2.24, 2.45) is 7.05 Å². The summed E-state index contributed by atoms with van der Waals surface area (Å²) < 4.78 is 45.3. The summed E-state index contributed by atoms with van der Waals surface area (Å²) >= 11 is 0. The number of rotatable bonds is 6. The molecule has 1 aliphatic heterocycles. The molecule has 0 spiro atoms. The molecule has 2 heterocycles. The van der Waals surface area contributed by atoms with E-state index in [-0.39, 0.29) is 19.6 Å². The second-order valence-electron chi connectivity index (χ2n) is 6.66. The number of alkyl carbamates (subject to hydrolysis) is 1. The molecule has 1 unspecified atom stereocenters. The van der Waals surface area contributed by atoms with Crippen LogP contribution in [0.25, 0.3) is 0 Å². The number of halogens is 3. The van der Waals surface area contributed by atoms with E-state index in [4.69, 9.17) is 5.11 Å². The Kier molecular flexibility index (Phi) is 5.88. The van der Waals surface area contributed by atoms with Crippen molar-refractivity contribution < 1.29 is 32.6 Å². The Morgan fingerprint density at radius 1 is 1.44 bits per heavy atom. The molecule has 12 heteroatoms. The van der Waals surface area contributed by atoms with Gasteiger partial charge in [0.2, 0.25) is 0 Å². The van der Waals surface area contributed by atoms with E-state index in [2.05, 4.69) is 15.0 Å². The molecule has 1 aromatic heterocycles. The van der Waals surface area contributed by atoms with Gasteiger partial charge in [-0.1, -0.05) is 0 Å². The molecule has 152 valence electrons. The number of nitrogens with one attached hydrogen (secondary N) is 1. The van der Waals surface area contributed by atoms with Gasteiger partial charge in [0.25, 0.3) is 6.10 Å². The third kappa shape index (κ3) is 4.62. The maximum absolute atomic E-state index is 13.2. The maximum Gasteiger partial charge on any atom is 0.433 e. The SMILES string of the molecule is CN(C)C1(CCNC(=O)OC(c2nccn2C)C(F)(F)F)CN(C(=O)O)C1. The molecule has 2 amide bonds. The topological polar surface area (TPSA) is 99.9 Å². The van der Waals surface area contributed by atoms with Crippen LogP contribution < -0.4 is 5.32 Å². The number of ether oxygens (including phenoxy) is 1. The Labute approximate surface area is 153 Å². The zero-order valence-corrected chi connectivity index (χ0v) is 15.2. The first kappa shape index (κ1) is 20.8. The second kappa shape index (κ2) is 7.62. The smallest absolute Gasteiger partial charge is 0.433 e. The van der Waals surface area contributed by atoms with Crippen LogP contribution in [0.2, 0.25) is 0 Å². The number of hydrogen-bond donors (Lipinski definition) is 2. The van der Waals surface area contributed by atoms with Crippen LogP contribution in [0, 0.1) is 0 Å². The van der Waals surface area contributed by atoms with Gasteiger partial charge >= 0.3 is 18.4 Å². The maximum atomic E-state index is 13.2. The van der Waals surface area contributed by atoms with Crippen molar-refractivity contribution in [2.45, 2.75) is 24.2 Å². The molecule has 1 fully saturated rings. The van der Waals surface area contributed by atoms with Crippen molar-refractivity contribution in [3.05, 3.63) is 18.2 Å². The standard InChI is InChI=1S/C15H22F3N5O4/c1-21(2)14(8-23(9-14)13(25)26)4-5-20-12(24)27-10(15(16,17)18)11-19-6-7-22(11)3/h6-7,10H,4-5,8-9H2,1-3H3,(H,20,24)(H,25,26). The first-order chi connectivity index (χ1) is 12.5. The molecule has 2 N–H and O–H groups in total. The lowest BCUT2D eigenvalue weighted by Gasteiger charge is -2.52. The van der Waals surface area contributed by atoms with E-state index < -0.39 is 35.8 Å². The average molecular weight is 393 g/mol. The van der Waals surface area contributed by atoms with Crippen LogP contribution in [0.4, 0.5) is 22.8 Å². The molecule has 1 aromatic rings. The Balaban J connectivity index is 1.91. The van der Waals surface area contributed by atoms with E-state index in [1.165, 1.54) is 24.3 Å². The van der Waals surface area contributed by atoms with E-state index in [0.29, 0.717) is 6.42 Å². The van der Waals surface area contributed by atoms with Gasteiger partial charge in [-0.15, -0.1) is 0 Å². The minimum atomic E-state index is -4.81. The Morgan fingerprint density at radius 2 is 2.07 bits per heavy atom. The fourth-order valence-corrected chi connectivity index (χ4v) is 2.91. The van der Waals surface area contributed by atoms with Crippen LogP contribution >= 0.6 is 0 Å². The van der Waals surface area contributed by atoms with E-state index in [1.54, 1.807) is 14.1 Å². The third-order valence-corrected chi connectivity index (χ3v) is 4.66. The fraction of sp³-hybridized carbons (Fsp3) is 0.667. The number of carboxylic acid groups (broad SMARTS) is 1. The largest absolute Gasteiger partial charge is 0.465 e. The molecule has 0 radical (unpaired) electrons. The van der Waals surface area contributed by atoms with Crippen molar-refractivity contribution in [3.63, 3.8) is 0 Å². The molecule has 2 rings (SSSR count).